The summed E-state index contributed by atoms with van der Waals surface area (Å²) in [6, 6.07) is 0.201. The molecular formula is C16H25N5O2. The maximum atomic E-state index is 5.53. The van der Waals surface area contributed by atoms with Crippen LogP contribution in [0.2, 0.25) is 0 Å². The molecule has 1 atom stereocenters. The highest BCUT2D eigenvalue weighted by Gasteiger charge is 2.29. The van der Waals surface area contributed by atoms with Crippen LogP contribution in [-0.2, 0) is 24.8 Å². The first-order chi connectivity index (χ1) is 11.2. The average molecular weight is 319 g/mol. The number of rotatable bonds is 6. The predicted molar refractivity (Wildman–Crippen MR) is 84.8 cm³/mol. The lowest BCUT2D eigenvalue weighted by atomic mass is 10.0. The van der Waals surface area contributed by atoms with E-state index in [0.717, 1.165) is 36.9 Å². The van der Waals surface area contributed by atoms with Crippen LogP contribution < -0.4 is 0 Å². The normalized spacial score (nSPS) is 19.3. The van der Waals surface area contributed by atoms with Gasteiger partial charge in [0.05, 0.1) is 18.3 Å². The van der Waals surface area contributed by atoms with Crippen molar-refractivity contribution in [3.05, 3.63) is 29.2 Å². The van der Waals surface area contributed by atoms with Crippen LogP contribution in [0.5, 0.6) is 0 Å². The third-order valence-corrected chi connectivity index (χ3v) is 4.40. The number of nitrogens with zero attached hydrogens (tertiary/aromatic N) is 5. The minimum absolute atomic E-state index is 0.201. The highest BCUT2D eigenvalue weighted by molar-refractivity contribution is 5.15. The molecule has 1 fully saturated rings. The number of aryl methyl sites for hydroxylation is 2. The Kier molecular flexibility index (Phi) is 5.07. The first kappa shape index (κ1) is 16.1. The summed E-state index contributed by atoms with van der Waals surface area (Å²) < 4.78 is 12.5. The molecule has 1 aliphatic rings. The van der Waals surface area contributed by atoms with Crippen LogP contribution in [0, 0.1) is 6.92 Å². The summed E-state index contributed by atoms with van der Waals surface area (Å²) in [6.45, 7) is 4.60. The maximum absolute atomic E-state index is 5.53. The van der Waals surface area contributed by atoms with Crippen molar-refractivity contribution < 1.29 is 9.26 Å². The summed E-state index contributed by atoms with van der Waals surface area (Å²) in [5.41, 5.74) is 2.35. The van der Waals surface area contributed by atoms with Crippen molar-refractivity contribution in [2.45, 2.75) is 45.2 Å². The second kappa shape index (κ2) is 7.23. The number of ether oxygens (including phenoxy) is 1. The Hall–Kier alpha value is -1.73. The van der Waals surface area contributed by atoms with Gasteiger partial charge in [0.1, 0.15) is 0 Å². The molecule has 1 saturated heterocycles. The van der Waals surface area contributed by atoms with Crippen molar-refractivity contribution in [1.29, 1.82) is 0 Å². The van der Waals surface area contributed by atoms with Gasteiger partial charge in [-0.3, -0.25) is 9.58 Å². The number of methoxy groups -OCH3 is 1. The molecule has 0 bridgehead atoms. The number of aromatic nitrogens is 4. The SMILES string of the molecule is COCCc1noc([C@@H]2CCCCN2Cc2cn(C)nc2C)n1. The molecule has 0 radical (unpaired) electrons. The summed E-state index contributed by atoms with van der Waals surface area (Å²) >= 11 is 0. The molecule has 0 aliphatic carbocycles. The van der Waals surface area contributed by atoms with E-state index in [1.165, 1.54) is 18.4 Å². The van der Waals surface area contributed by atoms with Crippen molar-refractivity contribution in [2.75, 3.05) is 20.3 Å². The maximum Gasteiger partial charge on any atom is 0.244 e. The molecule has 0 aromatic carbocycles. The van der Waals surface area contributed by atoms with Gasteiger partial charge in [-0.15, -0.1) is 0 Å². The van der Waals surface area contributed by atoms with E-state index in [-0.39, 0.29) is 6.04 Å². The predicted octanol–water partition coefficient (Wildman–Crippen LogP) is 2.03. The van der Waals surface area contributed by atoms with E-state index < -0.39 is 0 Å². The monoisotopic (exact) mass is 319 g/mol. The van der Waals surface area contributed by atoms with E-state index in [9.17, 15) is 0 Å². The molecule has 126 valence electrons. The van der Waals surface area contributed by atoms with Gasteiger partial charge in [-0.25, -0.2) is 0 Å². The van der Waals surface area contributed by atoms with Gasteiger partial charge in [-0.2, -0.15) is 10.1 Å². The van der Waals surface area contributed by atoms with Crippen molar-refractivity contribution in [1.82, 2.24) is 24.8 Å². The second-order valence-corrected chi connectivity index (χ2v) is 6.19. The molecule has 0 saturated carbocycles. The standard InChI is InChI=1S/C16H25N5O2/c1-12-13(10-20(2)18-12)11-21-8-5-4-6-14(21)16-17-15(19-23-16)7-9-22-3/h10,14H,4-9,11H2,1-3H3/t14-/m0/s1. The lowest BCUT2D eigenvalue weighted by Gasteiger charge is -2.33. The molecule has 7 heteroatoms. The quantitative estimate of drug-likeness (QED) is 0.811. The van der Waals surface area contributed by atoms with Crippen LogP contribution in [0.15, 0.2) is 10.7 Å². The number of likely N-dealkylation sites (tertiary alicyclic amines) is 1. The number of hydrogen-bond donors (Lipinski definition) is 0. The fourth-order valence-electron chi connectivity index (χ4n) is 3.18. The van der Waals surface area contributed by atoms with E-state index >= 15 is 0 Å². The molecule has 0 amide bonds. The lowest BCUT2D eigenvalue weighted by molar-refractivity contribution is 0.111. The van der Waals surface area contributed by atoms with Gasteiger partial charge in [0.2, 0.25) is 5.89 Å². The van der Waals surface area contributed by atoms with Crippen LogP contribution in [0.25, 0.3) is 0 Å². The van der Waals surface area contributed by atoms with Crippen molar-refractivity contribution in [2.24, 2.45) is 7.05 Å². The number of hydrogen-bond acceptors (Lipinski definition) is 6. The summed E-state index contributed by atoms with van der Waals surface area (Å²) in [6.07, 6.45) is 6.25. The highest BCUT2D eigenvalue weighted by Crippen LogP contribution is 2.31. The average Bonchev–Trinajstić information content (AvgIpc) is 3.13. The minimum Gasteiger partial charge on any atom is -0.384 e. The molecule has 0 spiro atoms. The minimum atomic E-state index is 0.201. The van der Waals surface area contributed by atoms with Gasteiger partial charge in [0, 0.05) is 38.9 Å². The molecule has 0 unspecified atom stereocenters. The van der Waals surface area contributed by atoms with E-state index in [4.69, 9.17) is 9.26 Å². The second-order valence-electron chi connectivity index (χ2n) is 6.19. The van der Waals surface area contributed by atoms with Gasteiger partial charge in [0.25, 0.3) is 0 Å². The Morgan fingerprint density at radius 2 is 2.26 bits per heavy atom. The largest absolute Gasteiger partial charge is 0.384 e. The third-order valence-electron chi connectivity index (χ3n) is 4.40. The molecular weight excluding hydrogens is 294 g/mol. The summed E-state index contributed by atoms with van der Waals surface area (Å²) in [4.78, 5) is 7.00. The Morgan fingerprint density at radius 1 is 1.39 bits per heavy atom. The molecule has 2 aromatic rings. The van der Waals surface area contributed by atoms with Crippen molar-refractivity contribution in [3.63, 3.8) is 0 Å². The van der Waals surface area contributed by atoms with Gasteiger partial charge in [-0.05, 0) is 26.3 Å². The zero-order valence-corrected chi connectivity index (χ0v) is 14.2. The summed E-state index contributed by atoms with van der Waals surface area (Å²) in [5, 5.41) is 8.52. The molecule has 2 aromatic heterocycles. The first-order valence-electron chi connectivity index (χ1n) is 8.22. The zero-order chi connectivity index (χ0) is 16.2. The molecule has 3 rings (SSSR count). The van der Waals surface area contributed by atoms with E-state index in [1.54, 1.807) is 7.11 Å². The van der Waals surface area contributed by atoms with Crippen LogP contribution >= 0.6 is 0 Å². The summed E-state index contributed by atoms with van der Waals surface area (Å²) in [5.74, 6) is 1.46. The molecule has 1 aliphatic heterocycles. The van der Waals surface area contributed by atoms with E-state index in [2.05, 4.69) is 33.3 Å². The molecule has 23 heavy (non-hydrogen) atoms. The molecule has 7 nitrogen and oxygen atoms in total. The molecule has 3 heterocycles. The summed E-state index contributed by atoms with van der Waals surface area (Å²) in [7, 11) is 3.64. The Balaban J connectivity index is 1.73. The molecule has 0 N–H and O–H groups in total. The Bertz CT molecular complexity index is 636. The first-order valence-corrected chi connectivity index (χ1v) is 8.22. The van der Waals surface area contributed by atoms with E-state index in [0.29, 0.717) is 13.0 Å². The van der Waals surface area contributed by atoms with E-state index in [1.807, 2.05) is 11.7 Å². The van der Waals surface area contributed by atoms with Crippen LogP contribution in [-0.4, -0.2) is 45.1 Å². The van der Waals surface area contributed by atoms with Gasteiger partial charge >= 0.3 is 0 Å². The van der Waals surface area contributed by atoms with Crippen molar-refractivity contribution >= 4 is 0 Å². The highest BCUT2D eigenvalue weighted by atomic mass is 16.5. The van der Waals surface area contributed by atoms with Crippen LogP contribution in [0.3, 0.4) is 0 Å². The van der Waals surface area contributed by atoms with Gasteiger partial charge in [-0.1, -0.05) is 11.6 Å². The Morgan fingerprint density at radius 3 is 3.00 bits per heavy atom. The lowest BCUT2D eigenvalue weighted by Crippen LogP contribution is -2.33. The van der Waals surface area contributed by atoms with Crippen LogP contribution in [0.1, 0.15) is 48.3 Å². The fraction of sp³-hybridized carbons (Fsp3) is 0.688. The Labute approximate surface area is 136 Å². The zero-order valence-electron chi connectivity index (χ0n) is 14.2. The fourth-order valence-corrected chi connectivity index (χ4v) is 3.18. The van der Waals surface area contributed by atoms with Gasteiger partial charge < -0.3 is 9.26 Å². The van der Waals surface area contributed by atoms with Crippen molar-refractivity contribution in [3.8, 4) is 0 Å². The smallest absolute Gasteiger partial charge is 0.244 e. The number of piperidine rings is 1. The van der Waals surface area contributed by atoms with Crippen LogP contribution in [0.4, 0.5) is 0 Å². The van der Waals surface area contributed by atoms with Gasteiger partial charge in [0.15, 0.2) is 5.82 Å². The topological polar surface area (TPSA) is 69.2 Å². The third kappa shape index (κ3) is 3.79.